The fourth-order valence-electron chi connectivity index (χ4n) is 1.96. The Bertz CT molecular complexity index is 464. The standard InChI is InChI=1S/C14H17N2.Li/c1-15(2)12-9-5-7-11-8-6-10-13(14(11)12)16(3)4;/h5,7-10H,1-4H3;/q-1;+1. The molecule has 2 aromatic carbocycles. The molecule has 0 radical (unpaired) electrons. The molecule has 84 valence electrons. The Balaban J connectivity index is 0.00000144. The number of hydrogen-bond donors (Lipinski definition) is 0. The molecular weight excluding hydrogens is 203 g/mol. The Morgan fingerprint density at radius 3 is 2.12 bits per heavy atom. The van der Waals surface area contributed by atoms with Gasteiger partial charge in [0.2, 0.25) is 0 Å². The molecule has 0 N–H and O–H groups in total. The smallest absolute Gasteiger partial charge is 0.428 e. The zero-order chi connectivity index (χ0) is 11.7. The molecule has 2 rings (SSSR count). The molecule has 0 fully saturated rings. The maximum absolute atomic E-state index is 3.19. The van der Waals surface area contributed by atoms with E-state index >= 15 is 0 Å². The van der Waals surface area contributed by atoms with E-state index in [-0.39, 0.29) is 18.9 Å². The number of hydrogen-bond acceptors (Lipinski definition) is 2. The number of nitrogens with zero attached hydrogens (tertiary/aromatic N) is 2. The Kier molecular flexibility index (Phi) is 4.51. The molecule has 0 saturated heterocycles. The zero-order valence-electron chi connectivity index (χ0n) is 11.3. The van der Waals surface area contributed by atoms with Gasteiger partial charge < -0.3 is 9.80 Å². The minimum Gasteiger partial charge on any atom is -0.428 e. The van der Waals surface area contributed by atoms with Gasteiger partial charge in [0.25, 0.3) is 0 Å². The second-order valence-corrected chi connectivity index (χ2v) is 4.37. The molecule has 0 saturated carbocycles. The summed E-state index contributed by atoms with van der Waals surface area (Å²) in [6, 6.07) is 13.6. The van der Waals surface area contributed by atoms with Crippen LogP contribution in [0, 0.1) is 6.07 Å². The van der Waals surface area contributed by atoms with Crippen molar-refractivity contribution in [2.75, 3.05) is 38.0 Å². The second-order valence-electron chi connectivity index (χ2n) is 4.37. The molecule has 0 aliphatic heterocycles. The molecule has 2 nitrogen and oxygen atoms in total. The van der Waals surface area contributed by atoms with Crippen LogP contribution in [0.2, 0.25) is 0 Å². The first-order valence-electron chi connectivity index (χ1n) is 5.38. The largest absolute Gasteiger partial charge is 1.00 e. The Morgan fingerprint density at radius 1 is 0.882 bits per heavy atom. The van der Waals surface area contributed by atoms with E-state index in [1.807, 2.05) is 12.1 Å². The maximum Gasteiger partial charge on any atom is 1.00 e. The SMILES string of the molecule is CN(C)c1c[c-]cc2cccc(N(C)C)c12.[Li+]. The third kappa shape index (κ3) is 2.60. The van der Waals surface area contributed by atoms with Crippen molar-refractivity contribution in [1.82, 2.24) is 0 Å². The van der Waals surface area contributed by atoms with E-state index < -0.39 is 0 Å². The van der Waals surface area contributed by atoms with Crippen molar-refractivity contribution in [2.24, 2.45) is 0 Å². The fraction of sp³-hybridized carbons (Fsp3) is 0.286. The van der Waals surface area contributed by atoms with E-state index in [9.17, 15) is 0 Å². The zero-order valence-corrected chi connectivity index (χ0v) is 11.3. The van der Waals surface area contributed by atoms with E-state index in [4.69, 9.17) is 0 Å². The molecule has 0 aliphatic rings. The number of anilines is 2. The van der Waals surface area contributed by atoms with Crippen LogP contribution >= 0.6 is 0 Å². The fourth-order valence-corrected chi connectivity index (χ4v) is 1.96. The molecule has 0 aromatic heterocycles. The van der Waals surface area contributed by atoms with Gasteiger partial charge in [0.05, 0.1) is 0 Å². The van der Waals surface area contributed by atoms with Gasteiger partial charge in [-0.05, 0) is 20.2 Å². The summed E-state index contributed by atoms with van der Waals surface area (Å²) in [6.07, 6.45) is 0. The molecule has 0 spiro atoms. The molecule has 0 unspecified atom stereocenters. The second kappa shape index (κ2) is 5.49. The molecule has 0 amide bonds. The van der Waals surface area contributed by atoms with Crippen LogP contribution in [0.15, 0.2) is 30.3 Å². The third-order valence-electron chi connectivity index (χ3n) is 2.75. The summed E-state index contributed by atoms with van der Waals surface area (Å²) in [5.41, 5.74) is 2.46. The quantitative estimate of drug-likeness (QED) is 0.510. The van der Waals surface area contributed by atoms with Gasteiger partial charge >= 0.3 is 18.9 Å². The van der Waals surface area contributed by atoms with Crippen LogP contribution < -0.4 is 28.7 Å². The number of benzene rings is 2. The third-order valence-corrected chi connectivity index (χ3v) is 2.75. The summed E-state index contributed by atoms with van der Waals surface area (Å²) < 4.78 is 0. The summed E-state index contributed by atoms with van der Waals surface area (Å²) in [6.45, 7) is 0. The molecule has 0 aliphatic carbocycles. The topological polar surface area (TPSA) is 6.48 Å². The van der Waals surface area contributed by atoms with E-state index in [0.29, 0.717) is 0 Å². The number of fused-ring (bicyclic) bond motifs is 1. The normalized spacial score (nSPS) is 9.88. The predicted octanol–water partition coefficient (Wildman–Crippen LogP) is -0.224. The molecular formula is C14H17LiN2. The summed E-state index contributed by atoms with van der Waals surface area (Å²) in [7, 11) is 8.28. The number of rotatable bonds is 2. The van der Waals surface area contributed by atoms with Crippen molar-refractivity contribution < 1.29 is 18.9 Å². The summed E-state index contributed by atoms with van der Waals surface area (Å²) >= 11 is 0. The van der Waals surface area contributed by atoms with Crippen molar-refractivity contribution in [3.05, 3.63) is 36.4 Å². The van der Waals surface area contributed by atoms with Crippen molar-refractivity contribution in [1.29, 1.82) is 0 Å². The molecule has 0 bridgehead atoms. The van der Waals surface area contributed by atoms with Gasteiger partial charge in [-0.2, -0.15) is 18.2 Å². The predicted molar refractivity (Wildman–Crippen MR) is 71.4 cm³/mol. The minimum absolute atomic E-state index is 0. The van der Waals surface area contributed by atoms with Gasteiger partial charge in [-0.15, -0.1) is 11.5 Å². The monoisotopic (exact) mass is 220 g/mol. The van der Waals surface area contributed by atoms with Gasteiger partial charge in [-0.25, -0.2) is 0 Å². The Morgan fingerprint density at radius 2 is 1.53 bits per heavy atom. The van der Waals surface area contributed by atoms with Crippen LogP contribution in [0.25, 0.3) is 10.8 Å². The van der Waals surface area contributed by atoms with Crippen LogP contribution in [0.4, 0.5) is 11.4 Å². The molecule has 0 atom stereocenters. The van der Waals surface area contributed by atoms with Gasteiger partial charge in [-0.1, -0.05) is 17.1 Å². The van der Waals surface area contributed by atoms with E-state index in [2.05, 4.69) is 62.3 Å². The van der Waals surface area contributed by atoms with Gasteiger partial charge in [0.15, 0.2) is 0 Å². The van der Waals surface area contributed by atoms with E-state index in [1.165, 1.54) is 22.1 Å². The van der Waals surface area contributed by atoms with Crippen LogP contribution in [0.3, 0.4) is 0 Å². The minimum atomic E-state index is 0. The average Bonchev–Trinajstić information content (AvgIpc) is 2.27. The first-order chi connectivity index (χ1) is 7.61. The van der Waals surface area contributed by atoms with Crippen LogP contribution in [-0.4, -0.2) is 28.2 Å². The summed E-state index contributed by atoms with van der Waals surface area (Å²) in [5.74, 6) is 0. The summed E-state index contributed by atoms with van der Waals surface area (Å²) in [4.78, 5) is 4.28. The van der Waals surface area contributed by atoms with E-state index in [1.54, 1.807) is 0 Å². The van der Waals surface area contributed by atoms with Gasteiger partial charge in [0.1, 0.15) is 0 Å². The molecule has 0 heterocycles. The van der Waals surface area contributed by atoms with Crippen LogP contribution in [0.5, 0.6) is 0 Å². The van der Waals surface area contributed by atoms with Crippen LogP contribution in [-0.2, 0) is 0 Å². The maximum atomic E-state index is 3.19. The molecule has 2 aromatic rings. The average molecular weight is 220 g/mol. The molecule has 3 heteroatoms. The van der Waals surface area contributed by atoms with E-state index in [0.717, 1.165) is 0 Å². The van der Waals surface area contributed by atoms with Crippen molar-refractivity contribution in [3.8, 4) is 0 Å². The van der Waals surface area contributed by atoms with Crippen molar-refractivity contribution in [2.45, 2.75) is 0 Å². The Hall–Kier alpha value is -1.10. The van der Waals surface area contributed by atoms with Crippen molar-refractivity contribution >= 4 is 22.1 Å². The van der Waals surface area contributed by atoms with Crippen LogP contribution in [0.1, 0.15) is 0 Å². The van der Waals surface area contributed by atoms with Gasteiger partial charge in [0, 0.05) is 19.8 Å². The van der Waals surface area contributed by atoms with Crippen molar-refractivity contribution in [3.63, 3.8) is 0 Å². The first kappa shape index (κ1) is 14.0. The van der Waals surface area contributed by atoms with Gasteiger partial charge in [-0.3, -0.25) is 0 Å². The first-order valence-corrected chi connectivity index (χ1v) is 5.38. The molecule has 17 heavy (non-hydrogen) atoms. The summed E-state index contributed by atoms with van der Waals surface area (Å²) in [5, 5.41) is 2.52. The Labute approximate surface area is 115 Å².